The van der Waals surface area contributed by atoms with Gasteiger partial charge in [0.15, 0.2) is 0 Å². The lowest BCUT2D eigenvalue weighted by atomic mass is 9.74. The van der Waals surface area contributed by atoms with Crippen molar-refractivity contribution in [3.8, 4) is 0 Å². The lowest BCUT2D eigenvalue weighted by Crippen LogP contribution is -2.28. The molecule has 0 N–H and O–H groups in total. The first-order chi connectivity index (χ1) is 10.3. The number of carbonyl (C=O) groups excluding carboxylic acids is 2. The van der Waals surface area contributed by atoms with Gasteiger partial charge in [0.05, 0.1) is 17.0 Å². The molecule has 0 unspecified atom stereocenters. The van der Waals surface area contributed by atoms with Crippen LogP contribution in [0.4, 0.5) is 0 Å². The molecule has 0 atom stereocenters. The van der Waals surface area contributed by atoms with Crippen LogP contribution in [0.1, 0.15) is 48.0 Å². The number of fused-ring (bicyclic) bond motifs is 1. The minimum Gasteiger partial charge on any atom is -0.465 e. The van der Waals surface area contributed by atoms with Crippen molar-refractivity contribution in [2.75, 3.05) is 13.4 Å². The quantitative estimate of drug-likeness (QED) is 0.364. The van der Waals surface area contributed by atoms with Gasteiger partial charge < -0.3 is 9.57 Å². The van der Waals surface area contributed by atoms with Crippen molar-refractivity contribution in [2.45, 2.75) is 37.8 Å². The summed E-state index contributed by atoms with van der Waals surface area (Å²) in [5, 5.41) is 4.04. The Hall–Kier alpha value is -1.34. The number of methoxy groups -OCH3 is 1. The van der Waals surface area contributed by atoms with E-state index < -0.39 is 5.97 Å². The SMILES string of the molecule is COC(=O)c1sc(SC)c2c1CC(C)(C)C/C2=N\OC(C)=O. The van der Waals surface area contributed by atoms with Crippen molar-refractivity contribution < 1.29 is 19.2 Å². The fraction of sp³-hybridized carbons (Fsp3) is 0.533. The van der Waals surface area contributed by atoms with E-state index in [1.165, 1.54) is 25.4 Å². The van der Waals surface area contributed by atoms with E-state index in [4.69, 9.17) is 9.57 Å². The van der Waals surface area contributed by atoms with Gasteiger partial charge in [0.2, 0.25) is 0 Å². The van der Waals surface area contributed by atoms with E-state index in [0.29, 0.717) is 11.3 Å². The van der Waals surface area contributed by atoms with Crippen LogP contribution >= 0.6 is 23.1 Å². The first-order valence-corrected chi connectivity index (χ1v) is 8.86. The molecule has 1 aliphatic rings. The van der Waals surface area contributed by atoms with Gasteiger partial charge in [-0.05, 0) is 30.1 Å². The average molecular weight is 341 g/mol. The topological polar surface area (TPSA) is 65.0 Å². The second-order valence-corrected chi connectivity index (χ2v) is 8.00. The minimum atomic E-state index is -0.452. The summed E-state index contributed by atoms with van der Waals surface area (Å²) in [7, 11) is 1.38. The molecule has 0 aliphatic heterocycles. The van der Waals surface area contributed by atoms with Crippen LogP contribution in [0.15, 0.2) is 9.36 Å². The molecule has 120 valence electrons. The number of oxime groups is 1. The molecule has 0 saturated heterocycles. The number of rotatable bonds is 3. The summed E-state index contributed by atoms with van der Waals surface area (Å²) in [6.07, 6.45) is 3.41. The van der Waals surface area contributed by atoms with Crippen molar-refractivity contribution in [1.82, 2.24) is 0 Å². The normalized spacial score (nSPS) is 18.0. The molecule has 5 nitrogen and oxygen atoms in total. The third-order valence-corrected chi connectivity index (χ3v) is 5.74. The molecule has 1 heterocycles. The third kappa shape index (κ3) is 3.35. The van der Waals surface area contributed by atoms with Gasteiger partial charge in [-0.1, -0.05) is 19.0 Å². The van der Waals surface area contributed by atoms with E-state index in [1.54, 1.807) is 11.8 Å². The summed E-state index contributed by atoms with van der Waals surface area (Å²) in [5.74, 6) is -0.780. The van der Waals surface area contributed by atoms with Crippen LogP contribution in [0.2, 0.25) is 0 Å². The first-order valence-electron chi connectivity index (χ1n) is 6.82. The Morgan fingerprint density at radius 1 is 1.32 bits per heavy atom. The largest absolute Gasteiger partial charge is 0.465 e. The summed E-state index contributed by atoms with van der Waals surface area (Å²) < 4.78 is 5.90. The number of ether oxygens (including phenoxy) is 1. The zero-order valence-corrected chi connectivity index (χ0v) is 14.9. The number of hydrogen-bond acceptors (Lipinski definition) is 7. The maximum absolute atomic E-state index is 12.1. The molecular formula is C15H19NO4S2. The Kier molecular flexibility index (Phi) is 4.97. The smallest absolute Gasteiger partial charge is 0.348 e. The van der Waals surface area contributed by atoms with Gasteiger partial charge >= 0.3 is 11.9 Å². The van der Waals surface area contributed by atoms with Crippen molar-refractivity contribution in [1.29, 1.82) is 0 Å². The van der Waals surface area contributed by atoms with Crippen LogP contribution in [0.25, 0.3) is 0 Å². The summed E-state index contributed by atoms with van der Waals surface area (Å²) in [6.45, 7) is 5.54. The average Bonchev–Trinajstić information content (AvgIpc) is 2.81. The number of nitrogens with zero attached hydrogens (tertiary/aromatic N) is 1. The van der Waals surface area contributed by atoms with Gasteiger partial charge in [0.1, 0.15) is 4.88 Å². The van der Waals surface area contributed by atoms with Crippen molar-refractivity contribution in [3.63, 3.8) is 0 Å². The predicted molar refractivity (Wildman–Crippen MR) is 87.8 cm³/mol. The Bertz CT molecular complexity index is 646. The van der Waals surface area contributed by atoms with E-state index in [1.807, 2.05) is 6.26 Å². The summed E-state index contributed by atoms with van der Waals surface area (Å²) in [4.78, 5) is 28.6. The van der Waals surface area contributed by atoms with E-state index in [9.17, 15) is 9.59 Å². The molecular weight excluding hydrogens is 322 g/mol. The van der Waals surface area contributed by atoms with Crippen molar-refractivity contribution >= 4 is 40.7 Å². The second-order valence-electron chi connectivity index (χ2n) is 5.91. The molecule has 1 aliphatic carbocycles. The van der Waals surface area contributed by atoms with Gasteiger partial charge in [0.25, 0.3) is 0 Å². The van der Waals surface area contributed by atoms with Gasteiger partial charge in [0, 0.05) is 12.5 Å². The van der Waals surface area contributed by atoms with E-state index >= 15 is 0 Å². The number of hydrogen-bond donors (Lipinski definition) is 0. The van der Waals surface area contributed by atoms with E-state index in [0.717, 1.165) is 27.5 Å². The van der Waals surface area contributed by atoms with Crippen LogP contribution in [-0.2, 0) is 20.8 Å². The first kappa shape index (κ1) is 17.0. The Balaban J connectivity index is 2.61. The highest BCUT2D eigenvalue weighted by atomic mass is 32.2. The molecule has 7 heteroatoms. The highest BCUT2D eigenvalue weighted by Crippen LogP contribution is 2.45. The maximum atomic E-state index is 12.1. The van der Waals surface area contributed by atoms with Gasteiger partial charge in [-0.2, -0.15) is 0 Å². The molecule has 1 aromatic heterocycles. The molecule has 0 radical (unpaired) electrons. The van der Waals surface area contributed by atoms with Crippen LogP contribution in [0.3, 0.4) is 0 Å². The molecule has 0 amide bonds. The fourth-order valence-electron chi connectivity index (χ4n) is 2.58. The van der Waals surface area contributed by atoms with Gasteiger partial charge in [-0.15, -0.1) is 23.1 Å². The summed E-state index contributed by atoms with van der Waals surface area (Å²) in [5.41, 5.74) is 2.53. The molecule has 0 spiro atoms. The standard InChI is InChI=1S/C15H19NO4S2/c1-8(17)20-16-10-7-15(2,3)6-9-11(10)14(21-5)22-12(9)13(18)19-4/h6-7H2,1-5H3/b16-10+. The number of thiophene rings is 1. The molecule has 2 rings (SSSR count). The predicted octanol–water partition coefficient (Wildman–Crippen LogP) is 3.50. The number of thioether (sulfide) groups is 1. The Morgan fingerprint density at radius 3 is 2.55 bits per heavy atom. The molecule has 22 heavy (non-hydrogen) atoms. The molecule has 0 saturated carbocycles. The molecule has 0 bridgehead atoms. The maximum Gasteiger partial charge on any atom is 0.348 e. The highest BCUT2D eigenvalue weighted by Gasteiger charge is 2.37. The van der Waals surface area contributed by atoms with Crippen molar-refractivity contribution in [3.05, 3.63) is 16.0 Å². The Labute approximate surface area is 138 Å². The third-order valence-electron chi connectivity index (χ3n) is 3.41. The Morgan fingerprint density at radius 2 is 2.00 bits per heavy atom. The van der Waals surface area contributed by atoms with E-state index in [2.05, 4.69) is 19.0 Å². The summed E-state index contributed by atoms with van der Waals surface area (Å²) >= 11 is 2.97. The van der Waals surface area contributed by atoms with Crippen LogP contribution in [0.5, 0.6) is 0 Å². The van der Waals surface area contributed by atoms with Gasteiger partial charge in [-0.3, -0.25) is 0 Å². The minimum absolute atomic E-state index is 0.0640. The van der Waals surface area contributed by atoms with Gasteiger partial charge in [-0.25, -0.2) is 9.59 Å². The van der Waals surface area contributed by atoms with Crippen molar-refractivity contribution in [2.24, 2.45) is 10.6 Å². The molecule has 1 aromatic rings. The lowest BCUT2D eigenvalue weighted by molar-refractivity contribution is -0.140. The highest BCUT2D eigenvalue weighted by molar-refractivity contribution is 8.00. The number of esters is 1. The van der Waals surface area contributed by atoms with Crippen LogP contribution < -0.4 is 0 Å². The van der Waals surface area contributed by atoms with Crippen LogP contribution in [0, 0.1) is 5.41 Å². The summed E-state index contributed by atoms with van der Waals surface area (Å²) in [6, 6.07) is 0. The zero-order valence-electron chi connectivity index (χ0n) is 13.3. The monoisotopic (exact) mass is 341 g/mol. The zero-order chi connectivity index (χ0) is 16.5. The fourth-order valence-corrected chi connectivity index (χ4v) is 4.61. The number of carbonyl (C=O) groups is 2. The van der Waals surface area contributed by atoms with E-state index in [-0.39, 0.29) is 11.4 Å². The molecule has 0 aromatic carbocycles. The molecule has 0 fully saturated rings. The second kappa shape index (κ2) is 6.42. The lowest BCUT2D eigenvalue weighted by Gasteiger charge is -2.31. The van der Waals surface area contributed by atoms with Crippen LogP contribution in [-0.4, -0.2) is 31.0 Å².